The summed E-state index contributed by atoms with van der Waals surface area (Å²) in [5.74, 6) is 5.06. The maximum absolute atomic E-state index is 13.2. The Hall–Kier alpha value is -2.71. The number of rotatable bonds is 0. The first-order chi connectivity index (χ1) is 18.7. The molecule has 4 aliphatic rings. The van der Waals surface area contributed by atoms with Crippen LogP contribution in [-0.2, 0) is 26.3 Å². The molecule has 2 bridgehead atoms. The van der Waals surface area contributed by atoms with Crippen LogP contribution < -0.4 is 19.7 Å². The van der Waals surface area contributed by atoms with Crippen molar-refractivity contribution >= 4 is 44.7 Å². The molecular formula is C30H36ClN3O4S. The Bertz CT molecular complexity index is 1410. The predicted octanol–water partition coefficient (Wildman–Crippen LogP) is 4.11. The Labute approximate surface area is 235 Å². The van der Waals surface area contributed by atoms with Crippen LogP contribution in [0, 0.1) is 11.8 Å². The van der Waals surface area contributed by atoms with E-state index >= 15 is 0 Å². The summed E-state index contributed by atoms with van der Waals surface area (Å²) in [4.78, 5) is 28.1. The summed E-state index contributed by atoms with van der Waals surface area (Å²) in [6, 6.07) is 11.7. The number of hydrogen-bond donors (Lipinski definition) is 2. The van der Waals surface area contributed by atoms with Gasteiger partial charge in [-0.25, -0.2) is 4.21 Å². The van der Waals surface area contributed by atoms with Crippen molar-refractivity contribution in [2.24, 2.45) is 11.8 Å². The summed E-state index contributed by atoms with van der Waals surface area (Å²) >= 11 is 6.38. The maximum atomic E-state index is 13.2. The highest BCUT2D eigenvalue weighted by Crippen LogP contribution is 2.46. The number of halogens is 1. The van der Waals surface area contributed by atoms with Crippen LogP contribution in [0.2, 0.25) is 5.02 Å². The van der Waals surface area contributed by atoms with E-state index in [4.69, 9.17) is 16.3 Å². The summed E-state index contributed by atoms with van der Waals surface area (Å²) in [6.45, 7) is 2.38. The predicted molar refractivity (Wildman–Crippen MR) is 156 cm³/mol. The number of carbonyl (C=O) groups excluding carboxylic acids is 2. The highest BCUT2D eigenvalue weighted by Gasteiger charge is 2.43. The minimum absolute atomic E-state index is 0.0404. The normalized spacial score (nSPS) is 31.1. The first-order valence-corrected chi connectivity index (χ1v) is 16.2. The van der Waals surface area contributed by atoms with Gasteiger partial charge in [-0.15, -0.1) is 0 Å². The molecule has 2 aliphatic carbocycles. The molecule has 2 N–H and O–H groups in total. The standard InChI is InChI=1S/C30H36ClN3O4S/c1-39(37)14-13-32-28(35)11-7-20-4-5-23(20)17-34-18-30(12-2-3-21-15-24(31)8-9-25(21)30)19-38-27-10-6-22(16-26(27)34)29(36)33-39/h6,8-10,15-16,20,23H,1-5,7,11-14,17-19H2,(H,32,35)(H,33,36,37)/t20-,23-,30-,39?/m0/s1. The molecule has 0 aromatic heterocycles. The smallest absolute Gasteiger partial charge is 0.262 e. The fourth-order valence-electron chi connectivity index (χ4n) is 6.84. The van der Waals surface area contributed by atoms with Gasteiger partial charge in [-0.05, 0) is 97.7 Å². The van der Waals surface area contributed by atoms with Crippen LogP contribution in [0.25, 0.3) is 0 Å². The van der Waals surface area contributed by atoms with Gasteiger partial charge in [-0.1, -0.05) is 17.7 Å². The zero-order valence-electron chi connectivity index (χ0n) is 22.2. The Morgan fingerprint density at radius 1 is 1.08 bits per heavy atom. The molecule has 4 atom stereocenters. The number of ether oxygens (including phenoxy) is 1. The van der Waals surface area contributed by atoms with E-state index in [1.54, 1.807) is 6.07 Å². The van der Waals surface area contributed by atoms with E-state index in [1.807, 2.05) is 18.2 Å². The molecule has 1 saturated carbocycles. The molecule has 2 heterocycles. The molecule has 39 heavy (non-hydrogen) atoms. The number of amides is 2. The van der Waals surface area contributed by atoms with Crippen molar-refractivity contribution < 1.29 is 18.5 Å². The number of benzene rings is 2. The molecule has 2 aliphatic heterocycles. The van der Waals surface area contributed by atoms with Crippen LogP contribution >= 0.6 is 11.6 Å². The SMILES string of the molecule is C=S1(=O)CCNC(=O)CC[C@@H]2CC[C@H]2CN2C[C@@]3(CCCc4cc(Cl)ccc43)COc3ccc(cc32)C(=O)N1. The average molecular weight is 570 g/mol. The highest BCUT2D eigenvalue weighted by molar-refractivity contribution is 7.99. The van der Waals surface area contributed by atoms with Gasteiger partial charge in [0, 0.05) is 51.8 Å². The zero-order chi connectivity index (χ0) is 27.2. The van der Waals surface area contributed by atoms with Crippen molar-refractivity contribution in [1.29, 1.82) is 0 Å². The molecule has 9 heteroatoms. The van der Waals surface area contributed by atoms with Crippen molar-refractivity contribution in [2.75, 3.05) is 36.9 Å². The number of nitrogens with zero attached hydrogens (tertiary/aromatic N) is 1. The lowest BCUT2D eigenvalue weighted by Gasteiger charge is -2.44. The van der Waals surface area contributed by atoms with Crippen LogP contribution in [-0.4, -0.2) is 53.9 Å². The van der Waals surface area contributed by atoms with Gasteiger partial charge in [-0.2, -0.15) is 0 Å². The molecule has 1 fully saturated rings. The summed E-state index contributed by atoms with van der Waals surface area (Å²) in [7, 11) is -2.91. The van der Waals surface area contributed by atoms with Gasteiger partial charge >= 0.3 is 0 Å². The molecule has 2 amide bonds. The van der Waals surface area contributed by atoms with Gasteiger partial charge in [-0.3, -0.25) is 14.3 Å². The third kappa shape index (κ3) is 5.38. The van der Waals surface area contributed by atoms with Crippen LogP contribution in [0.15, 0.2) is 36.4 Å². The molecule has 1 spiro atoms. The molecule has 0 radical (unpaired) electrons. The summed E-state index contributed by atoms with van der Waals surface area (Å²) in [6.07, 6.45) is 6.63. The topological polar surface area (TPSA) is 87.7 Å². The van der Waals surface area contributed by atoms with E-state index in [0.29, 0.717) is 30.4 Å². The second-order valence-electron chi connectivity index (χ2n) is 11.7. The minimum atomic E-state index is -2.91. The fraction of sp³-hybridized carbons (Fsp3) is 0.500. The fourth-order valence-corrected chi connectivity index (χ4v) is 8.02. The second-order valence-corrected chi connectivity index (χ2v) is 14.4. The van der Waals surface area contributed by atoms with Crippen molar-refractivity contribution in [1.82, 2.24) is 10.0 Å². The van der Waals surface area contributed by atoms with Gasteiger partial charge < -0.3 is 15.0 Å². The molecule has 1 unspecified atom stereocenters. The quantitative estimate of drug-likeness (QED) is 0.466. The lowest BCUT2D eigenvalue weighted by molar-refractivity contribution is -0.121. The molecular weight excluding hydrogens is 534 g/mol. The Balaban J connectivity index is 1.40. The van der Waals surface area contributed by atoms with E-state index in [2.05, 4.69) is 32.9 Å². The lowest BCUT2D eigenvalue weighted by atomic mass is 9.69. The van der Waals surface area contributed by atoms with Crippen molar-refractivity contribution in [2.45, 2.75) is 50.4 Å². The van der Waals surface area contributed by atoms with Gasteiger partial charge in [0.05, 0.1) is 18.0 Å². The van der Waals surface area contributed by atoms with E-state index in [9.17, 15) is 13.8 Å². The zero-order valence-corrected chi connectivity index (χ0v) is 23.8. The molecule has 0 saturated heterocycles. The van der Waals surface area contributed by atoms with E-state index < -0.39 is 15.6 Å². The lowest BCUT2D eigenvalue weighted by Crippen LogP contribution is -2.48. The Morgan fingerprint density at radius 3 is 2.74 bits per heavy atom. The van der Waals surface area contributed by atoms with E-state index in [-0.39, 0.29) is 23.6 Å². The highest BCUT2D eigenvalue weighted by atomic mass is 35.5. The Morgan fingerprint density at radius 2 is 1.92 bits per heavy atom. The third-order valence-electron chi connectivity index (χ3n) is 9.10. The minimum Gasteiger partial charge on any atom is -0.490 e. The maximum Gasteiger partial charge on any atom is 0.262 e. The largest absolute Gasteiger partial charge is 0.490 e. The first-order valence-electron chi connectivity index (χ1n) is 14.0. The third-order valence-corrected chi connectivity index (χ3v) is 10.8. The molecule has 2 aromatic carbocycles. The van der Waals surface area contributed by atoms with Crippen LogP contribution in [0.5, 0.6) is 5.75 Å². The number of hydrogen-bond acceptors (Lipinski definition) is 5. The summed E-state index contributed by atoms with van der Waals surface area (Å²) < 4.78 is 22.1. The van der Waals surface area contributed by atoms with Crippen LogP contribution in [0.3, 0.4) is 0 Å². The number of aryl methyl sites for hydroxylation is 1. The molecule has 7 nitrogen and oxygen atoms in total. The van der Waals surface area contributed by atoms with Gasteiger partial charge in [0.2, 0.25) is 5.91 Å². The average Bonchev–Trinajstić information content (AvgIpc) is 3.03. The number of anilines is 1. The Kier molecular flexibility index (Phi) is 7.04. The van der Waals surface area contributed by atoms with Crippen LogP contribution in [0.4, 0.5) is 5.69 Å². The van der Waals surface area contributed by atoms with Crippen molar-refractivity contribution in [3.8, 4) is 5.75 Å². The van der Waals surface area contributed by atoms with Crippen LogP contribution in [0.1, 0.15) is 60.0 Å². The number of fused-ring (bicyclic) bond motifs is 4. The van der Waals surface area contributed by atoms with Crippen molar-refractivity contribution in [3.05, 3.63) is 58.1 Å². The van der Waals surface area contributed by atoms with Gasteiger partial charge in [0.25, 0.3) is 5.91 Å². The monoisotopic (exact) mass is 569 g/mol. The number of nitrogens with one attached hydrogen (secondary N) is 2. The molecule has 208 valence electrons. The molecule has 6 rings (SSSR count). The van der Waals surface area contributed by atoms with E-state index in [1.165, 1.54) is 11.1 Å². The van der Waals surface area contributed by atoms with Gasteiger partial charge in [0.1, 0.15) is 5.75 Å². The summed E-state index contributed by atoms with van der Waals surface area (Å²) in [5.41, 5.74) is 3.71. The van der Waals surface area contributed by atoms with Crippen molar-refractivity contribution in [3.63, 3.8) is 0 Å². The molecule has 2 aromatic rings. The second kappa shape index (κ2) is 10.4. The first kappa shape index (κ1) is 26.5. The van der Waals surface area contributed by atoms with Gasteiger partial charge in [0.15, 0.2) is 0 Å². The number of carbonyl (C=O) groups is 2. The van der Waals surface area contributed by atoms with E-state index in [0.717, 1.165) is 68.1 Å². The summed E-state index contributed by atoms with van der Waals surface area (Å²) in [5, 5.41) is 3.61.